The predicted octanol–water partition coefficient (Wildman–Crippen LogP) is 2.48. The van der Waals surface area contributed by atoms with Crippen LogP contribution in [-0.2, 0) is 0 Å². The molecule has 1 saturated carbocycles. The van der Waals surface area contributed by atoms with E-state index < -0.39 is 5.97 Å². The SMILES string of the molecule is Cc1c(NC2CCCC2)cc(Br)cc1C(=O)[O-]. The fraction of sp³-hybridized carbons (Fsp3) is 0.462. The number of halogens is 1. The number of nitrogens with one attached hydrogen (secondary N) is 1. The van der Waals surface area contributed by atoms with E-state index in [4.69, 9.17) is 0 Å². The summed E-state index contributed by atoms with van der Waals surface area (Å²) in [5, 5.41) is 14.4. The first-order valence-electron chi connectivity index (χ1n) is 5.86. The molecular formula is C13H15BrNO2-. The molecule has 0 unspecified atom stereocenters. The minimum atomic E-state index is -1.13. The summed E-state index contributed by atoms with van der Waals surface area (Å²) in [6.07, 6.45) is 4.81. The Balaban J connectivity index is 2.29. The fourth-order valence-electron chi connectivity index (χ4n) is 2.33. The Morgan fingerprint density at radius 2 is 2.06 bits per heavy atom. The summed E-state index contributed by atoms with van der Waals surface area (Å²) in [5.74, 6) is -1.13. The van der Waals surface area contributed by atoms with Crippen LogP contribution in [0, 0.1) is 6.92 Å². The van der Waals surface area contributed by atoms with Crippen molar-refractivity contribution in [3.8, 4) is 0 Å². The summed E-state index contributed by atoms with van der Waals surface area (Å²) < 4.78 is 0.766. The highest BCUT2D eigenvalue weighted by atomic mass is 79.9. The zero-order valence-electron chi connectivity index (χ0n) is 9.75. The van der Waals surface area contributed by atoms with Crippen molar-refractivity contribution in [3.63, 3.8) is 0 Å². The number of carbonyl (C=O) groups is 1. The van der Waals surface area contributed by atoms with E-state index in [9.17, 15) is 9.90 Å². The van der Waals surface area contributed by atoms with Gasteiger partial charge in [-0.1, -0.05) is 28.8 Å². The molecule has 1 N–H and O–H groups in total. The third kappa shape index (κ3) is 2.80. The highest BCUT2D eigenvalue weighted by molar-refractivity contribution is 9.10. The second-order valence-corrected chi connectivity index (χ2v) is 5.45. The predicted molar refractivity (Wildman–Crippen MR) is 69.1 cm³/mol. The van der Waals surface area contributed by atoms with E-state index in [2.05, 4.69) is 21.2 Å². The first-order chi connectivity index (χ1) is 8.08. The van der Waals surface area contributed by atoms with Crippen LogP contribution < -0.4 is 10.4 Å². The van der Waals surface area contributed by atoms with Crippen LogP contribution in [0.2, 0.25) is 0 Å². The van der Waals surface area contributed by atoms with Gasteiger partial charge in [0, 0.05) is 21.8 Å². The van der Waals surface area contributed by atoms with Crippen LogP contribution in [0.3, 0.4) is 0 Å². The average molecular weight is 297 g/mol. The first kappa shape index (κ1) is 12.4. The Morgan fingerprint density at radius 1 is 1.41 bits per heavy atom. The second kappa shape index (κ2) is 5.08. The monoisotopic (exact) mass is 296 g/mol. The molecule has 2 rings (SSSR count). The molecule has 4 heteroatoms. The maximum atomic E-state index is 11.0. The van der Waals surface area contributed by atoms with Gasteiger partial charge in [0.25, 0.3) is 0 Å². The van der Waals surface area contributed by atoms with E-state index in [1.165, 1.54) is 12.8 Å². The number of hydrogen-bond donors (Lipinski definition) is 1. The molecule has 1 aromatic carbocycles. The molecular weight excluding hydrogens is 282 g/mol. The van der Waals surface area contributed by atoms with Gasteiger partial charge in [-0.15, -0.1) is 0 Å². The lowest BCUT2D eigenvalue weighted by Gasteiger charge is -2.19. The molecule has 0 atom stereocenters. The van der Waals surface area contributed by atoms with Crippen LogP contribution in [0.1, 0.15) is 41.6 Å². The maximum Gasteiger partial charge on any atom is 0.0719 e. The lowest BCUT2D eigenvalue weighted by Crippen LogP contribution is -2.24. The molecule has 0 aromatic heterocycles. The smallest absolute Gasteiger partial charge is 0.0719 e. The summed E-state index contributed by atoms with van der Waals surface area (Å²) in [5.41, 5.74) is 1.89. The van der Waals surface area contributed by atoms with Crippen LogP contribution in [0.4, 0.5) is 5.69 Å². The Kier molecular flexibility index (Phi) is 3.72. The van der Waals surface area contributed by atoms with Crippen LogP contribution >= 0.6 is 15.9 Å². The van der Waals surface area contributed by atoms with Crippen molar-refractivity contribution in [2.24, 2.45) is 0 Å². The highest BCUT2D eigenvalue weighted by Gasteiger charge is 2.16. The number of benzene rings is 1. The van der Waals surface area contributed by atoms with Crippen molar-refractivity contribution in [2.45, 2.75) is 38.6 Å². The number of aromatic carboxylic acids is 1. The molecule has 0 radical (unpaired) electrons. The Bertz CT molecular complexity index is 439. The standard InChI is InChI=1S/C13H16BrNO2/c1-8-11(13(16)17)6-9(14)7-12(8)15-10-4-2-3-5-10/h6-7,10,15H,2-5H2,1H3,(H,16,17)/p-1. The molecule has 0 aliphatic heterocycles. The number of carboxylic acid groups (broad SMARTS) is 1. The zero-order chi connectivity index (χ0) is 12.4. The van der Waals surface area contributed by atoms with Crippen molar-refractivity contribution >= 4 is 27.6 Å². The van der Waals surface area contributed by atoms with Gasteiger partial charge in [-0.05, 0) is 37.5 Å². The average Bonchev–Trinajstić information content (AvgIpc) is 2.75. The number of carbonyl (C=O) groups excluding carboxylic acids is 1. The molecule has 1 aromatic rings. The van der Waals surface area contributed by atoms with Gasteiger partial charge in [-0.3, -0.25) is 0 Å². The third-order valence-electron chi connectivity index (χ3n) is 3.31. The normalized spacial score (nSPS) is 16.1. The van der Waals surface area contributed by atoms with Gasteiger partial charge in [0.1, 0.15) is 0 Å². The van der Waals surface area contributed by atoms with Gasteiger partial charge >= 0.3 is 0 Å². The van der Waals surface area contributed by atoms with Crippen molar-refractivity contribution in [1.29, 1.82) is 0 Å². The van der Waals surface area contributed by atoms with Gasteiger partial charge in [0.2, 0.25) is 0 Å². The summed E-state index contributed by atoms with van der Waals surface area (Å²) in [6, 6.07) is 3.99. The van der Waals surface area contributed by atoms with Crippen molar-refractivity contribution in [3.05, 3.63) is 27.7 Å². The Labute approximate surface area is 109 Å². The molecule has 0 amide bonds. The fourth-order valence-corrected chi connectivity index (χ4v) is 2.79. The summed E-state index contributed by atoms with van der Waals surface area (Å²) >= 11 is 3.33. The minimum Gasteiger partial charge on any atom is -0.545 e. The van der Waals surface area contributed by atoms with Crippen LogP contribution in [-0.4, -0.2) is 12.0 Å². The number of rotatable bonds is 3. The molecule has 0 spiro atoms. The molecule has 1 fully saturated rings. The zero-order valence-corrected chi connectivity index (χ0v) is 11.3. The van der Waals surface area contributed by atoms with E-state index in [1.54, 1.807) is 6.07 Å². The lowest BCUT2D eigenvalue weighted by atomic mass is 10.1. The summed E-state index contributed by atoms with van der Waals surface area (Å²) in [7, 11) is 0. The van der Waals surface area contributed by atoms with Crippen LogP contribution in [0.25, 0.3) is 0 Å². The number of hydrogen-bond acceptors (Lipinski definition) is 3. The van der Waals surface area contributed by atoms with Gasteiger partial charge in [0.05, 0.1) is 5.97 Å². The molecule has 1 aliphatic carbocycles. The largest absolute Gasteiger partial charge is 0.545 e. The summed E-state index contributed by atoms with van der Waals surface area (Å²) in [4.78, 5) is 11.0. The van der Waals surface area contributed by atoms with E-state index in [-0.39, 0.29) is 5.56 Å². The minimum absolute atomic E-state index is 0.250. The third-order valence-corrected chi connectivity index (χ3v) is 3.77. The molecule has 0 saturated heterocycles. The van der Waals surface area contributed by atoms with Crippen molar-refractivity contribution in [2.75, 3.05) is 5.32 Å². The van der Waals surface area contributed by atoms with Gasteiger partial charge < -0.3 is 15.2 Å². The topological polar surface area (TPSA) is 52.2 Å². The molecule has 3 nitrogen and oxygen atoms in total. The molecule has 17 heavy (non-hydrogen) atoms. The second-order valence-electron chi connectivity index (χ2n) is 4.54. The maximum absolute atomic E-state index is 11.0. The lowest BCUT2D eigenvalue weighted by molar-refractivity contribution is -0.255. The van der Waals surface area contributed by atoms with Gasteiger partial charge in [-0.2, -0.15) is 0 Å². The quantitative estimate of drug-likeness (QED) is 0.932. The van der Waals surface area contributed by atoms with E-state index in [0.717, 1.165) is 28.6 Å². The van der Waals surface area contributed by atoms with Crippen LogP contribution in [0.15, 0.2) is 16.6 Å². The number of anilines is 1. The van der Waals surface area contributed by atoms with E-state index in [0.29, 0.717) is 6.04 Å². The Morgan fingerprint density at radius 3 is 2.65 bits per heavy atom. The van der Waals surface area contributed by atoms with Gasteiger partial charge in [0.15, 0.2) is 0 Å². The first-order valence-corrected chi connectivity index (χ1v) is 6.65. The van der Waals surface area contributed by atoms with Crippen LogP contribution in [0.5, 0.6) is 0 Å². The molecule has 0 heterocycles. The van der Waals surface area contributed by atoms with Crippen molar-refractivity contribution in [1.82, 2.24) is 0 Å². The molecule has 1 aliphatic rings. The molecule has 0 bridgehead atoms. The number of carboxylic acids is 1. The van der Waals surface area contributed by atoms with E-state index >= 15 is 0 Å². The van der Waals surface area contributed by atoms with Gasteiger partial charge in [-0.25, -0.2) is 0 Å². The van der Waals surface area contributed by atoms with Crippen molar-refractivity contribution < 1.29 is 9.90 Å². The molecule has 92 valence electrons. The summed E-state index contributed by atoms with van der Waals surface area (Å²) in [6.45, 7) is 1.81. The van der Waals surface area contributed by atoms with E-state index in [1.807, 2.05) is 13.0 Å². The Hall–Kier alpha value is -1.03. The highest BCUT2D eigenvalue weighted by Crippen LogP contribution is 2.28.